The van der Waals surface area contributed by atoms with Gasteiger partial charge in [-0.25, -0.2) is 0 Å². The molecule has 0 aliphatic heterocycles. The molecule has 1 heteroatoms. The molecule has 1 saturated carbocycles. The van der Waals surface area contributed by atoms with Crippen LogP contribution in [0.15, 0.2) is 0 Å². The number of hydrogen-bond acceptors (Lipinski definition) is 0. The van der Waals surface area contributed by atoms with Crippen LogP contribution >= 0.6 is 0 Å². The molecule has 0 bridgehead atoms. The maximum atomic E-state index is 5.92. The molecule has 1 rings (SSSR count). The van der Waals surface area contributed by atoms with Gasteiger partial charge in [-0.1, -0.05) is 51.8 Å². The van der Waals surface area contributed by atoms with Crippen LogP contribution in [-0.2, 0) is 0 Å². The summed E-state index contributed by atoms with van der Waals surface area (Å²) in [5, 5.41) is 0. The Kier molecular flexibility index (Phi) is 3.48. The van der Waals surface area contributed by atoms with Gasteiger partial charge in [-0.15, -0.1) is 0 Å². The standard InChI is InChI=1S/C10H19B/c1-3-5-9-7-10(11)6-8(9)4-2/h8-10H,3-7H2,1-2H3. The van der Waals surface area contributed by atoms with Crippen LogP contribution in [-0.4, -0.2) is 7.85 Å². The molecule has 0 nitrogen and oxygen atoms in total. The lowest BCUT2D eigenvalue weighted by atomic mass is 9.85. The van der Waals surface area contributed by atoms with Gasteiger partial charge in [-0.2, -0.15) is 0 Å². The van der Waals surface area contributed by atoms with Gasteiger partial charge in [0.25, 0.3) is 0 Å². The average molecular weight is 150 g/mol. The predicted octanol–water partition coefficient (Wildman–Crippen LogP) is 3.18. The Bertz CT molecular complexity index is 111. The molecule has 3 unspecified atom stereocenters. The fourth-order valence-electron chi connectivity index (χ4n) is 2.48. The highest BCUT2D eigenvalue weighted by Crippen LogP contribution is 2.42. The van der Waals surface area contributed by atoms with Gasteiger partial charge in [-0.3, -0.25) is 0 Å². The molecule has 62 valence electrons. The molecule has 3 atom stereocenters. The Labute approximate surface area is 72.2 Å². The van der Waals surface area contributed by atoms with Gasteiger partial charge < -0.3 is 0 Å². The molecular weight excluding hydrogens is 131 g/mol. The van der Waals surface area contributed by atoms with E-state index in [4.69, 9.17) is 7.85 Å². The molecule has 0 spiro atoms. The molecule has 0 aromatic carbocycles. The summed E-state index contributed by atoms with van der Waals surface area (Å²) in [6.45, 7) is 4.57. The van der Waals surface area contributed by atoms with E-state index in [-0.39, 0.29) is 0 Å². The van der Waals surface area contributed by atoms with E-state index < -0.39 is 0 Å². The fraction of sp³-hybridized carbons (Fsp3) is 1.00. The summed E-state index contributed by atoms with van der Waals surface area (Å²) in [4.78, 5) is 0. The highest BCUT2D eigenvalue weighted by molar-refractivity contribution is 6.11. The van der Waals surface area contributed by atoms with Crippen LogP contribution in [0.5, 0.6) is 0 Å². The Hall–Kier alpha value is 0.0649. The van der Waals surface area contributed by atoms with Crippen molar-refractivity contribution in [1.29, 1.82) is 0 Å². The smallest absolute Gasteiger partial charge is 0.0699 e. The largest absolute Gasteiger partial charge is 0.0768 e. The van der Waals surface area contributed by atoms with Crippen molar-refractivity contribution in [2.24, 2.45) is 11.8 Å². The minimum Gasteiger partial charge on any atom is -0.0768 e. The molecule has 0 aromatic heterocycles. The Morgan fingerprint density at radius 3 is 2.36 bits per heavy atom. The number of rotatable bonds is 3. The lowest BCUT2D eigenvalue weighted by molar-refractivity contribution is 0.352. The fourth-order valence-corrected chi connectivity index (χ4v) is 2.48. The maximum absolute atomic E-state index is 5.92. The van der Waals surface area contributed by atoms with Crippen LogP contribution in [0, 0.1) is 11.8 Å². The summed E-state index contributed by atoms with van der Waals surface area (Å²) in [5.74, 6) is 2.39. The molecule has 0 saturated heterocycles. The van der Waals surface area contributed by atoms with Gasteiger partial charge in [0.15, 0.2) is 0 Å². The quantitative estimate of drug-likeness (QED) is 0.542. The van der Waals surface area contributed by atoms with Crippen molar-refractivity contribution in [1.82, 2.24) is 0 Å². The Balaban J connectivity index is 2.37. The first-order chi connectivity index (χ1) is 5.27. The van der Waals surface area contributed by atoms with Crippen molar-refractivity contribution in [2.45, 2.75) is 51.8 Å². The summed E-state index contributed by atoms with van der Waals surface area (Å²) in [7, 11) is 5.92. The van der Waals surface area contributed by atoms with Crippen molar-refractivity contribution < 1.29 is 0 Å². The van der Waals surface area contributed by atoms with Crippen LogP contribution in [0.1, 0.15) is 46.0 Å². The zero-order valence-electron chi connectivity index (χ0n) is 7.84. The first-order valence-corrected chi connectivity index (χ1v) is 5.03. The van der Waals surface area contributed by atoms with E-state index in [0.717, 1.165) is 11.8 Å². The van der Waals surface area contributed by atoms with Gasteiger partial charge in [0.05, 0.1) is 7.85 Å². The second-order valence-electron chi connectivity index (χ2n) is 3.95. The van der Waals surface area contributed by atoms with Gasteiger partial charge in [0.1, 0.15) is 0 Å². The average Bonchev–Trinajstić information content (AvgIpc) is 2.32. The second-order valence-corrected chi connectivity index (χ2v) is 3.95. The van der Waals surface area contributed by atoms with Gasteiger partial charge >= 0.3 is 0 Å². The first kappa shape index (κ1) is 9.16. The number of hydrogen-bond donors (Lipinski definition) is 0. The highest BCUT2D eigenvalue weighted by atomic mass is 14.3. The molecular formula is C10H19B. The van der Waals surface area contributed by atoms with Crippen molar-refractivity contribution in [3.05, 3.63) is 0 Å². The molecule has 0 amide bonds. The zero-order chi connectivity index (χ0) is 8.27. The van der Waals surface area contributed by atoms with E-state index >= 15 is 0 Å². The normalized spacial score (nSPS) is 37.8. The van der Waals surface area contributed by atoms with Crippen LogP contribution in [0.2, 0.25) is 5.82 Å². The van der Waals surface area contributed by atoms with E-state index in [0.29, 0.717) is 5.82 Å². The van der Waals surface area contributed by atoms with Gasteiger partial charge in [0.2, 0.25) is 0 Å². The van der Waals surface area contributed by atoms with Crippen molar-refractivity contribution in [3.63, 3.8) is 0 Å². The lowest BCUT2D eigenvalue weighted by Crippen LogP contribution is -2.05. The highest BCUT2D eigenvalue weighted by Gasteiger charge is 2.28. The lowest BCUT2D eigenvalue weighted by Gasteiger charge is -2.16. The van der Waals surface area contributed by atoms with Crippen molar-refractivity contribution >= 4 is 7.85 Å². The Morgan fingerprint density at radius 1 is 1.18 bits per heavy atom. The monoisotopic (exact) mass is 150 g/mol. The van der Waals surface area contributed by atoms with Crippen LogP contribution < -0.4 is 0 Å². The molecule has 11 heavy (non-hydrogen) atoms. The molecule has 0 N–H and O–H groups in total. The van der Waals surface area contributed by atoms with Gasteiger partial charge in [-0.05, 0) is 11.8 Å². The second kappa shape index (κ2) is 4.18. The van der Waals surface area contributed by atoms with Crippen LogP contribution in [0.3, 0.4) is 0 Å². The van der Waals surface area contributed by atoms with E-state index in [9.17, 15) is 0 Å². The summed E-state index contributed by atoms with van der Waals surface area (Å²) >= 11 is 0. The van der Waals surface area contributed by atoms with Crippen LogP contribution in [0.25, 0.3) is 0 Å². The van der Waals surface area contributed by atoms with Crippen molar-refractivity contribution in [3.8, 4) is 0 Å². The van der Waals surface area contributed by atoms with E-state index in [1.165, 1.54) is 32.1 Å². The molecule has 0 heterocycles. The summed E-state index contributed by atoms with van der Waals surface area (Å²) in [6, 6.07) is 0. The molecule has 0 aromatic rings. The SMILES string of the molecule is [B]C1CC(CC)C(CCC)C1. The zero-order valence-corrected chi connectivity index (χ0v) is 7.84. The molecule has 1 fully saturated rings. The van der Waals surface area contributed by atoms with E-state index in [1.807, 2.05) is 0 Å². The van der Waals surface area contributed by atoms with E-state index in [1.54, 1.807) is 0 Å². The maximum Gasteiger partial charge on any atom is 0.0699 e. The van der Waals surface area contributed by atoms with Crippen LogP contribution in [0.4, 0.5) is 0 Å². The Morgan fingerprint density at radius 2 is 1.82 bits per heavy atom. The molecule has 2 radical (unpaired) electrons. The third kappa shape index (κ3) is 2.25. The third-order valence-corrected chi connectivity index (χ3v) is 3.06. The molecule has 1 aliphatic rings. The molecule has 1 aliphatic carbocycles. The topological polar surface area (TPSA) is 0 Å². The third-order valence-electron chi connectivity index (χ3n) is 3.06. The first-order valence-electron chi connectivity index (χ1n) is 5.03. The van der Waals surface area contributed by atoms with Gasteiger partial charge in [0, 0.05) is 0 Å². The van der Waals surface area contributed by atoms with E-state index in [2.05, 4.69) is 13.8 Å². The minimum absolute atomic E-state index is 0.511. The predicted molar refractivity (Wildman–Crippen MR) is 50.9 cm³/mol. The summed E-state index contributed by atoms with van der Waals surface area (Å²) < 4.78 is 0. The minimum atomic E-state index is 0.511. The van der Waals surface area contributed by atoms with Crippen molar-refractivity contribution in [2.75, 3.05) is 0 Å². The summed E-state index contributed by atoms with van der Waals surface area (Å²) in [6.07, 6.45) is 6.62. The summed E-state index contributed by atoms with van der Waals surface area (Å²) in [5.41, 5.74) is 0.